The number of methoxy groups -OCH3 is 1. The van der Waals surface area contributed by atoms with E-state index in [0.29, 0.717) is 52.0 Å². The van der Waals surface area contributed by atoms with E-state index in [1.807, 2.05) is 69.3 Å². The molecular weight excluding hydrogens is 554 g/mol. The monoisotopic (exact) mass is 601 g/mol. The number of hydrogen-bond acceptors (Lipinski definition) is 8. The molecule has 2 aromatic rings. The molecular formula is C32H47NO8Si. The van der Waals surface area contributed by atoms with Gasteiger partial charge in [-0.25, -0.2) is 9.59 Å². The molecule has 0 saturated carbocycles. The van der Waals surface area contributed by atoms with Crippen LogP contribution in [0.4, 0.5) is 4.79 Å². The Balaban J connectivity index is 1.57. The number of esters is 1. The summed E-state index contributed by atoms with van der Waals surface area (Å²) in [5.41, 5.74) is 3.04. The van der Waals surface area contributed by atoms with E-state index < -0.39 is 14.9 Å². The summed E-state index contributed by atoms with van der Waals surface area (Å²) in [7, 11) is -1.32. The Hall–Kier alpha value is -3.18. The molecule has 0 atom stereocenters. The summed E-state index contributed by atoms with van der Waals surface area (Å²) in [4.78, 5) is 23.3. The molecule has 1 N–H and O–H groups in total. The summed E-state index contributed by atoms with van der Waals surface area (Å²) >= 11 is 0. The van der Waals surface area contributed by atoms with Gasteiger partial charge in [-0.2, -0.15) is 0 Å². The lowest BCUT2D eigenvalue weighted by atomic mass is 10.0. The molecule has 0 saturated heterocycles. The average Bonchev–Trinajstić information content (AvgIpc) is 3.00. The van der Waals surface area contributed by atoms with Crippen molar-refractivity contribution in [2.24, 2.45) is 0 Å². The number of carbonyl (C=O) groups excluding carboxylic acids is 2. The lowest BCUT2D eigenvalue weighted by Gasteiger charge is -2.28. The van der Waals surface area contributed by atoms with Crippen LogP contribution in [0.1, 0.15) is 58.4 Å². The van der Waals surface area contributed by atoms with Crippen LogP contribution >= 0.6 is 0 Å². The first-order valence-electron chi connectivity index (χ1n) is 14.9. The van der Waals surface area contributed by atoms with E-state index in [0.717, 1.165) is 48.1 Å². The van der Waals surface area contributed by atoms with Crippen LogP contribution in [0, 0.1) is 0 Å². The second-order valence-corrected chi connectivity index (χ2v) is 12.1. The highest BCUT2D eigenvalue weighted by Gasteiger charge is 2.39. The van der Waals surface area contributed by atoms with Crippen molar-refractivity contribution in [2.45, 2.75) is 58.9 Å². The van der Waals surface area contributed by atoms with Gasteiger partial charge < -0.3 is 32.8 Å². The number of nitrogens with one attached hydrogen (secondary N) is 1. The second-order valence-electron chi connectivity index (χ2n) is 9.42. The molecule has 0 unspecified atom stereocenters. The first kappa shape index (κ1) is 35.0. The predicted molar refractivity (Wildman–Crippen MR) is 166 cm³/mol. The highest BCUT2D eigenvalue weighted by molar-refractivity contribution is 6.60. The van der Waals surface area contributed by atoms with Gasteiger partial charge in [-0.3, -0.25) is 0 Å². The van der Waals surface area contributed by atoms with Crippen molar-refractivity contribution in [1.29, 1.82) is 0 Å². The average molecular weight is 602 g/mol. The lowest BCUT2D eigenvalue weighted by Crippen LogP contribution is -2.46. The largest absolute Gasteiger partial charge is 0.500 e. The molecule has 9 nitrogen and oxygen atoms in total. The Kier molecular flexibility index (Phi) is 17.2. The summed E-state index contributed by atoms with van der Waals surface area (Å²) < 4.78 is 33.3. The molecule has 0 fully saturated rings. The van der Waals surface area contributed by atoms with Crippen LogP contribution in [0.25, 0.3) is 17.2 Å². The number of unbranched alkanes of at least 4 members (excludes halogenated alkanes) is 3. The van der Waals surface area contributed by atoms with Crippen LogP contribution in [0.15, 0.2) is 54.6 Å². The summed E-state index contributed by atoms with van der Waals surface area (Å²) in [6.45, 7) is 8.92. The molecule has 10 heteroatoms. The number of benzene rings is 2. The number of rotatable bonds is 21. The normalized spacial score (nSPS) is 11.4. The third-order valence-electron chi connectivity index (χ3n) is 6.25. The zero-order chi connectivity index (χ0) is 30.5. The number of alkyl carbamates (subject to hydrolysis) is 1. The number of ether oxygens (including phenoxy) is 3. The molecule has 232 valence electrons. The van der Waals surface area contributed by atoms with Crippen molar-refractivity contribution in [3.8, 4) is 16.9 Å². The van der Waals surface area contributed by atoms with Gasteiger partial charge in [0, 0.05) is 38.5 Å². The quantitative estimate of drug-likeness (QED) is 0.0735. The van der Waals surface area contributed by atoms with Gasteiger partial charge in [0.15, 0.2) is 0 Å². The Bertz CT molecular complexity index is 1060. The summed E-state index contributed by atoms with van der Waals surface area (Å²) in [6, 6.07) is 16.6. The Morgan fingerprint density at radius 2 is 1.48 bits per heavy atom. The molecule has 0 heterocycles. The third-order valence-corrected chi connectivity index (χ3v) is 9.40. The van der Waals surface area contributed by atoms with Crippen LogP contribution in [0.5, 0.6) is 5.75 Å². The maximum absolute atomic E-state index is 12.0. The van der Waals surface area contributed by atoms with E-state index in [4.69, 9.17) is 22.8 Å². The first-order chi connectivity index (χ1) is 20.4. The fourth-order valence-corrected chi connectivity index (χ4v) is 6.87. The van der Waals surface area contributed by atoms with E-state index in [-0.39, 0.29) is 5.97 Å². The molecule has 1 amide bonds. The molecule has 0 aromatic heterocycles. The van der Waals surface area contributed by atoms with Crippen molar-refractivity contribution < 1.29 is 37.1 Å². The minimum atomic E-state index is -2.68. The highest BCUT2D eigenvalue weighted by atomic mass is 28.4. The van der Waals surface area contributed by atoms with Gasteiger partial charge in [0.2, 0.25) is 0 Å². The Morgan fingerprint density at radius 1 is 0.810 bits per heavy atom. The maximum atomic E-state index is 12.0. The maximum Gasteiger partial charge on any atom is 0.500 e. The molecule has 0 bridgehead atoms. The number of hydrogen-bond donors (Lipinski definition) is 1. The van der Waals surface area contributed by atoms with Crippen LogP contribution in [0.3, 0.4) is 0 Å². The number of carbonyl (C=O) groups is 2. The lowest BCUT2D eigenvalue weighted by molar-refractivity contribution is -0.134. The first-order valence-corrected chi connectivity index (χ1v) is 16.8. The van der Waals surface area contributed by atoms with Gasteiger partial charge in [-0.05, 0) is 93.8 Å². The predicted octanol–water partition coefficient (Wildman–Crippen LogP) is 6.64. The van der Waals surface area contributed by atoms with Crippen molar-refractivity contribution in [3.05, 3.63) is 60.2 Å². The zero-order valence-corrected chi connectivity index (χ0v) is 26.5. The zero-order valence-electron chi connectivity index (χ0n) is 25.5. The third kappa shape index (κ3) is 13.7. The topological polar surface area (TPSA) is 102 Å². The number of amides is 1. The molecule has 42 heavy (non-hydrogen) atoms. The van der Waals surface area contributed by atoms with E-state index in [1.165, 1.54) is 13.2 Å². The molecule has 2 aromatic carbocycles. The summed E-state index contributed by atoms with van der Waals surface area (Å²) in [6.07, 6.45) is 7.13. The molecule has 0 aliphatic heterocycles. The van der Waals surface area contributed by atoms with E-state index in [2.05, 4.69) is 10.1 Å². The van der Waals surface area contributed by atoms with Gasteiger partial charge in [0.05, 0.1) is 20.3 Å². The second kappa shape index (κ2) is 20.7. The fourth-order valence-electron chi connectivity index (χ4n) is 4.26. The van der Waals surface area contributed by atoms with Gasteiger partial charge in [-0.1, -0.05) is 30.3 Å². The summed E-state index contributed by atoms with van der Waals surface area (Å²) in [5, 5.41) is 2.79. The SMILES string of the molecule is CCO[Si](CCCNC(=O)OCCCCCCOc1ccc(-c2cccc(/C=C/C(=O)OC)c2)cc1)(OCC)OCC. The van der Waals surface area contributed by atoms with Crippen molar-refractivity contribution >= 4 is 26.9 Å². The standard InChI is InChI=1S/C32H47NO8Si/c1-5-39-42(40-6-2,41-7-3)25-13-22-33-32(35)38-24-11-9-8-10-23-37-30-19-17-28(18-20-30)29-15-12-14-27(26-29)16-21-31(34)36-4/h12,14-21,26H,5-11,13,22-25H2,1-4H3,(H,33,35)/b21-16+. The van der Waals surface area contributed by atoms with E-state index >= 15 is 0 Å². The highest BCUT2D eigenvalue weighted by Crippen LogP contribution is 2.24. The molecule has 0 radical (unpaired) electrons. The van der Waals surface area contributed by atoms with Crippen molar-refractivity contribution in [3.63, 3.8) is 0 Å². The Labute approximate surface area is 251 Å². The Morgan fingerprint density at radius 3 is 2.12 bits per heavy atom. The minimum absolute atomic E-state index is 0.382. The van der Waals surface area contributed by atoms with Crippen LogP contribution < -0.4 is 10.1 Å². The van der Waals surface area contributed by atoms with Gasteiger partial charge in [0.25, 0.3) is 0 Å². The van der Waals surface area contributed by atoms with Crippen LogP contribution in [-0.2, 0) is 27.5 Å². The van der Waals surface area contributed by atoms with E-state index in [9.17, 15) is 9.59 Å². The van der Waals surface area contributed by atoms with Crippen LogP contribution in [0.2, 0.25) is 6.04 Å². The molecule has 0 spiro atoms. The fraction of sp³-hybridized carbons (Fsp3) is 0.500. The van der Waals surface area contributed by atoms with Gasteiger partial charge in [-0.15, -0.1) is 0 Å². The molecule has 0 aliphatic carbocycles. The molecule has 0 aliphatic rings. The van der Waals surface area contributed by atoms with Crippen LogP contribution in [-0.4, -0.2) is 67.6 Å². The molecule has 2 rings (SSSR count). The minimum Gasteiger partial charge on any atom is -0.494 e. The van der Waals surface area contributed by atoms with E-state index in [1.54, 1.807) is 6.08 Å². The van der Waals surface area contributed by atoms with Crippen molar-refractivity contribution in [1.82, 2.24) is 5.32 Å². The van der Waals surface area contributed by atoms with Gasteiger partial charge in [0.1, 0.15) is 5.75 Å². The van der Waals surface area contributed by atoms with Crippen molar-refractivity contribution in [2.75, 3.05) is 46.7 Å². The summed E-state index contributed by atoms with van der Waals surface area (Å²) in [5.74, 6) is 0.442. The van der Waals surface area contributed by atoms with Gasteiger partial charge >= 0.3 is 20.9 Å². The smallest absolute Gasteiger partial charge is 0.494 e.